The van der Waals surface area contributed by atoms with Crippen molar-refractivity contribution in [2.45, 2.75) is 244 Å². The van der Waals surface area contributed by atoms with E-state index in [1.807, 2.05) is 54.6 Å². The lowest BCUT2D eigenvalue weighted by Crippen LogP contribution is -2.30. The molecular weight excluding hydrogens is 961 g/mol. The molecule has 0 radical (unpaired) electrons. The van der Waals surface area contributed by atoms with Crippen LogP contribution in [0.1, 0.15) is 230 Å². The third-order valence-corrected chi connectivity index (χ3v) is 14.8. The molecule has 0 bridgehead atoms. The van der Waals surface area contributed by atoms with Crippen molar-refractivity contribution in [2.75, 3.05) is 39.6 Å². The van der Waals surface area contributed by atoms with Gasteiger partial charge in [-0.15, -0.1) is 0 Å². The Morgan fingerprint density at radius 1 is 0.455 bits per heavy atom. The van der Waals surface area contributed by atoms with Crippen molar-refractivity contribution in [3.63, 3.8) is 0 Å². The second kappa shape index (κ2) is 43.3. The molecular formula is C68H104O9. The molecule has 0 aromatic heterocycles. The van der Waals surface area contributed by atoms with E-state index in [1.165, 1.54) is 192 Å². The highest BCUT2D eigenvalue weighted by Gasteiger charge is 2.28. The molecule has 0 amide bonds. The molecule has 1 aliphatic rings. The summed E-state index contributed by atoms with van der Waals surface area (Å²) in [6.45, 7) is 13.6. The Morgan fingerprint density at radius 3 is 1.18 bits per heavy atom. The van der Waals surface area contributed by atoms with Crippen LogP contribution in [0.4, 0.5) is 0 Å². The molecule has 3 aromatic rings. The highest BCUT2D eigenvalue weighted by Crippen LogP contribution is 2.44. The van der Waals surface area contributed by atoms with Crippen LogP contribution in [0.15, 0.2) is 91.7 Å². The SMILES string of the molecule is C=CC(=O)OC(COCCCCCCCCCCCCCCCCCC)COc1c2c(c(OCC(COCCCCCCCCCCCCCCCCCC)OC(=O)C=C)c3ccccc13)CC(Oc1ccccc1)=CC2. The van der Waals surface area contributed by atoms with E-state index in [4.69, 9.17) is 33.2 Å². The number of fused-ring (bicyclic) bond motifs is 2. The van der Waals surface area contributed by atoms with Gasteiger partial charge in [0, 0.05) is 53.7 Å². The van der Waals surface area contributed by atoms with Gasteiger partial charge in [0.2, 0.25) is 0 Å². The zero-order chi connectivity index (χ0) is 54.6. The molecule has 430 valence electrons. The molecule has 2 atom stereocenters. The van der Waals surface area contributed by atoms with Gasteiger partial charge in [-0.05, 0) is 37.5 Å². The lowest BCUT2D eigenvalue weighted by Gasteiger charge is -2.27. The molecule has 4 rings (SSSR count). The molecule has 1 aliphatic carbocycles. The molecule has 0 saturated carbocycles. The Hall–Kier alpha value is -4.60. The first-order valence-electron chi connectivity index (χ1n) is 31.0. The van der Waals surface area contributed by atoms with E-state index in [9.17, 15) is 9.59 Å². The minimum absolute atomic E-state index is 0.0735. The second-order valence-electron chi connectivity index (χ2n) is 21.5. The Kier molecular flexibility index (Phi) is 36.5. The van der Waals surface area contributed by atoms with Crippen molar-refractivity contribution in [1.82, 2.24) is 0 Å². The summed E-state index contributed by atoms with van der Waals surface area (Å²) in [5.41, 5.74) is 1.86. The molecule has 0 saturated heterocycles. The van der Waals surface area contributed by atoms with E-state index in [-0.39, 0.29) is 26.4 Å². The predicted molar refractivity (Wildman–Crippen MR) is 318 cm³/mol. The number of ether oxygens (including phenoxy) is 7. The number of carbonyl (C=O) groups is 2. The maximum atomic E-state index is 12.6. The number of carbonyl (C=O) groups excluding carboxylic acids is 2. The summed E-state index contributed by atoms with van der Waals surface area (Å²) in [4.78, 5) is 25.2. The average Bonchev–Trinajstić information content (AvgIpc) is 3.45. The Labute approximate surface area is 467 Å². The molecule has 0 spiro atoms. The predicted octanol–water partition coefficient (Wildman–Crippen LogP) is 18.4. The molecule has 9 nitrogen and oxygen atoms in total. The first-order chi connectivity index (χ1) is 38.0. The van der Waals surface area contributed by atoms with E-state index >= 15 is 0 Å². The molecule has 3 aromatic carbocycles. The zero-order valence-electron chi connectivity index (χ0n) is 48.5. The lowest BCUT2D eigenvalue weighted by molar-refractivity contribution is -0.148. The molecule has 77 heavy (non-hydrogen) atoms. The van der Waals surface area contributed by atoms with Crippen molar-refractivity contribution < 1.29 is 42.7 Å². The molecule has 0 N–H and O–H groups in total. The van der Waals surface area contributed by atoms with Crippen LogP contribution in [0.2, 0.25) is 0 Å². The van der Waals surface area contributed by atoms with Gasteiger partial charge in [-0.25, -0.2) is 9.59 Å². The second-order valence-corrected chi connectivity index (χ2v) is 21.5. The van der Waals surface area contributed by atoms with E-state index < -0.39 is 24.1 Å². The van der Waals surface area contributed by atoms with Crippen molar-refractivity contribution in [3.8, 4) is 17.2 Å². The van der Waals surface area contributed by atoms with Gasteiger partial charge in [0.15, 0.2) is 12.2 Å². The summed E-state index contributed by atoms with van der Waals surface area (Å²) in [6, 6.07) is 17.7. The van der Waals surface area contributed by atoms with Gasteiger partial charge in [-0.3, -0.25) is 0 Å². The number of benzene rings is 3. The van der Waals surface area contributed by atoms with Crippen LogP contribution in [0.5, 0.6) is 17.2 Å². The smallest absolute Gasteiger partial charge is 0.330 e. The first-order valence-corrected chi connectivity index (χ1v) is 31.0. The van der Waals surface area contributed by atoms with Crippen molar-refractivity contribution in [1.29, 1.82) is 0 Å². The summed E-state index contributed by atoms with van der Waals surface area (Å²) in [5.74, 6) is 1.83. The van der Waals surface area contributed by atoms with Gasteiger partial charge in [-0.1, -0.05) is 262 Å². The Bertz CT molecular complexity index is 2040. The van der Waals surface area contributed by atoms with E-state index in [2.05, 4.69) is 33.1 Å². The highest BCUT2D eigenvalue weighted by molar-refractivity contribution is 5.96. The van der Waals surface area contributed by atoms with E-state index in [1.54, 1.807) is 0 Å². The summed E-state index contributed by atoms with van der Waals surface area (Å²) in [5, 5.41) is 1.69. The van der Waals surface area contributed by atoms with Gasteiger partial charge >= 0.3 is 11.9 Å². The number of rotatable bonds is 50. The quantitative estimate of drug-likeness (QED) is 0.0311. The number of para-hydroxylation sites is 1. The van der Waals surface area contributed by atoms with Gasteiger partial charge in [-0.2, -0.15) is 0 Å². The first kappa shape index (κ1) is 64.9. The maximum Gasteiger partial charge on any atom is 0.330 e. The van der Waals surface area contributed by atoms with Gasteiger partial charge in [0.1, 0.15) is 36.2 Å². The van der Waals surface area contributed by atoms with E-state index in [0.717, 1.165) is 59.1 Å². The highest BCUT2D eigenvalue weighted by atomic mass is 16.6. The van der Waals surface area contributed by atoms with Crippen LogP contribution < -0.4 is 14.2 Å². The molecule has 0 fully saturated rings. The van der Waals surface area contributed by atoms with Crippen LogP contribution in [-0.4, -0.2) is 63.8 Å². The molecule has 9 heteroatoms. The fraction of sp³-hybridized carbons (Fsp3) is 0.647. The normalized spacial score (nSPS) is 12.9. The number of allylic oxidation sites excluding steroid dienone is 2. The van der Waals surface area contributed by atoms with Gasteiger partial charge < -0.3 is 33.2 Å². The van der Waals surface area contributed by atoms with Crippen LogP contribution in [0.25, 0.3) is 10.8 Å². The van der Waals surface area contributed by atoms with Crippen LogP contribution >= 0.6 is 0 Å². The third kappa shape index (κ3) is 28.7. The minimum Gasteiger partial charge on any atom is -0.489 e. The van der Waals surface area contributed by atoms with Crippen molar-refractivity contribution in [3.05, 3.63) is 103 Å². The van der Waals surface area contributed by atoms with Crippen LogP contribution in [-0.2, 0) is 41.4 Å². The van der Waals surface area contributed by atoms with Crippen molar-refractivity contribution in [2.24, 2.45) is 0 Å². The topological polar surface area (TPSA) is 98.8 Å². The molecule has 0 aliphatic heterocycles. The fourth-order valence-electron chi connectivity index (χ4n) is 10.3. The molecule has 2 unspecified atom stereocenters. The summed E-state index contributed by atoms with van der Waals surface area (Å²) in [6.07, 6.45) is 46.1. The standard InChI is InChI=1S/C68H104O9/c1-5-9-11-13-15-17-19-21-23-25-27-29-31-33-35-42-50-71-53-59(76-65(69)7-3)55-73-67-61-46-40-41-47-62(61)68(64-52-58(48-49-63(64)67)75-57-44-38-37-39-45-57)74-56-60(77-66(70)8-4)54-72-51-43-36-34-32-30-28-26-24-22-20-18-16-14-12-10-6-2/h7-8,37-41,44-48,59-60H,3-6,9-36,42-43,49-56H2,1-2H3. The van der Waals surface area contributed by atoms with Crippen LogP contribution in [0.3, 0.4) is 0 Å². The third-order valence-electron chi connectivity index (χ3n) is 14.8. The maximum absolute atomic E-state index is 12.6. The summed E-state index contributed by atoms with van der Waals surface area (Å²) in [7, 11) is 0. The Balaban J connectivity index is 1.30. The number of esters is 2. The zero-order valence-corrected chi connectivity index (χ0v) is 48.5. The minimum atomic E-state index is -0.661. The molecule has 0 heterocycles. The number of hydrogen-bond donors (Lipinski definition) is 0. The number of unbranched alkanes of at least 4 members (excludes halogenated alkanes) is 30. The fourth-order valence-corrected chi connectivity index (χ4v) is 10.3. The average molecular weight is 1070 g/mol. The lowest BCUT2D eigenvalue weighted by atomic mass is 9.89. The van der Waals surface area contributed by atoms with Crippen molar-refractivity contribution >= 4 is 22.7 Å². The monoisotopic (exact) mass is 1060 g/mol. The van der Waals surface area contributed by atoms with Gasteiger partial charge in [0.05, 0.1) is 13.2 Å². The van der Waals surface area contributed by atoms with Gasteiger partial charge in [0.25, 0.3) is 0 Å². The number of hydrogen-bond acceptors (Lipinski definition) is 9. The van der Waals surface area contributed by atoms with E-state index in [0.29, 0.717) is 37.6 Å². The summed E-state index contributed by atoms with van der Waals surface area (Å²) >= 11 is 0. The largest absolute Gasteiger partial charge is 0.489 e. The summed E-state index contributed by atoms with van der Waals surface area (Å²) < 4.78 is 43.8. The Morgan fingerprint density at radius 2 is 0.805 bits per heavy atom. The van der Waals surface area contributed by atoms with Crippen LogP contribution in [0, 0.1) is 0 Å².